The van der Waals surface area contributed by atoms with Crippen LogP contribution in [0.1, 0.15) is 34.1 Å². The number of ketones is 1. The third kappa shape index (κ3) is 4.00. The molecule has 0 bridgehead atoms. The molecule has 0 amide bonds. The maximum Gasteiger partial charge on any atom is 0.179 e. The number of carbonyl (C=O) groups excluding carboxylic acids is 1. The van der Waals surface area contributed by atoms with Crippen LogP contribution in [-0.4, -0.2) is 34.1 Å². The zero-order valence-electron chi connectivity index (χ0n) is 11.1. The minimum Gasteiger partial charge on any atom is -0.417 e. The molecule has 3 atom stereocenters. The molecular weight excluding hydrogens is 220 g/mol. The topological polar surface area (TPSA) is 35.5 Å². The second-order valence-corrected chi connectivity index (χ2v) is 9.29. The summed E-state index contributed by atoms with van der Waals surface area (Å²) in [6.07, 6.45) is 0.327. The highest BCUT2D eigenvalue weighted by Gasteiger charge is 2.30. The molecule has 1 heterocycles. The summed E-state index contributed by atoms with van der Waals surface area (Å²) >= 11 is 0. The van der Waals surface area contributed by atoms with E-state index >= 15 is 0 Å². The van der Waals surface area contributed by atoms with E-state index in [2.05, 4.69) is 27.3 Å². The molecule has 16 heavy (non-hydrogen) atoms. The first kappa shape index (κ1) is 13.9. The van der Waals surface area contributed by atoms with Crippen LogP contribution in [0.3, 0.4) is 0 Å². The normalized spacial score (nSPS) is 29.2. The van der Waals surface area contributed by atoms with Crippen molar-refractivity contribution in [2.24, 2.45) is 5.92 Å². The minimum atomic E-state index is -1.24. The number of Topliss-reactive ketones (excluding diaryl/α,β-unsaturated/α-hetero) is 1. The average molecular weight is 244 g/mol. The molecule has 0 aromatic rings. The van der Waals surface area contributed by atoms with Crippen molar-refractivity contribution in [3.8, 4) is 0 Å². The summed E-state index contributed by atoms with van der Waals surface area (Å²) in [4.78, 5) is 11.7. The van der Waals surface area contributed by atoms with E-state index in [0.29, 0.717) is 25.6 Å². The maximum absolute atomic E-state index is 11.7. The van der Waals surface area contributed by atoms with Gasteiger partial charge >= 0.3 is 0 Å². The Morgan fingerprint density at radius 2 is 2.12 bits per heavy atom. The van der Waals surface area contributed by atoms with Crippen LogP contribution < -0.4 is 0 Å². The van der Waals surface area contributed by atoms with Gasteiger partial charge in [0.1, 0.15) is 6.10 Å². The van der Waals surface area contributed by atoms with Crippen molar-refractivity contribution in [1.29, 1.82) is 0 Å². The van der Waals surface area contributed by atoms with Crippen molar-refractivity contribution in [2.75, 3.05) is 13.2 Å². The molecule has 0 aromatic heterocycles. The Kier molecular flexibility index (Phi) is 4.70. The molecule has 0 aromatic carbocycles. The van der Waals surface area contributed by atoms with Crippen LogP contribution in [0.2, 0.25) is 11.6 Å². The van der Waals surface area contributed by atoms with Gasteiger partial charge in [0.05, 0.1) is 13.2 Å². The Bertz CT molecular complexity index is 247. The van der Waals surface area contributed by atoms with Gasteiger partial charge in [0, 0.05) is 6.42 Å². The Labute approximate surface area is 100 Å². The predicted octanol–water partition coefficient (Wildman–Crippen LogP) is 2.15. The third-order valence-corrected chi connectivity index (χ3v) is 6.34. The minimum absolute atomic E-state index is 0.203. The number of rotatable bonds is 3. The van der Waals surface area contributed by atoms with Gasteiger partial charge in [-0.1, -0.05) is 27.7 Å². The first-order chi connectivity index (χ1) is 7.30. The van der Waals surface area contributed by atoms with Crippen LogP contribution in [0.15, 0.2) is 0 Å². The summed E-state index contributed by atoms with van der Waals surface area (Å²) in [5.41, 5.74) is 0. The van der Waals surface area contributed by atoms with Crippen LogP contribution in [0, 0.1) is 5.92 Å². The number of ether oxygens (including phenoxy) is 1. The molecule has 0 N–H and O–H groups in total. The lowest BCUT2D eigenvalue weighted by molar-refractivity contribution is -0.141. The van der Waals surface area contributed by atoms with Gasteiger partial charge in [-0.3, -0.25) is 4.79 Å². The molecular formula is C12H24O3Si. The maximum atomic E-state index is 11.7. The van der Waals surface area contributed by atoms with E-state index in [1.165, 1.54) is 0 Å². The van der Waals surface area contributed by atoms with Crippen LogP contribution in [0.25, 0.3) is 0 Å². The SMILES string of the molecule is C[C@H]1CO[C@H](CO[SiH](C)C(C)(C)C)C(=O)C1. The molecule has 3 nitrogen and oxygen atoms in total. The molecule has 1 rings (SSSR count). The van der Waals surface area contributed by atoms with E-state index in [1.807, 2.05) is 6.92 Å². The summed E-state index contributed by atoms with van der Waals surface area (Å²) in [5.74, 6) is 0.565. The van der Waals surface area contributed by atoms with Gasteiger partial charge in [-0.05, 0) is 17.5 Å². The van der Waals surface area contributed by atoms with E-state index in [4.69, 9.17) is 9.16 Å². The summed E-state index contributed by atoms with van der Waals surface area (Å²) in [6.45, 7) is 11.9. The molecule has 0 radical (unpaired) electrons. The van der Waals surface area contributed by atoms with Crippen LogP contribution in [0.4, 0.5) is 0 Å². The second-order valence-electron chi connectivity index (χ2n) is 5.94. The van der Waals surface area contributed by atoms with Gasteiger partial charge in [0.15, 0.2) is 14.8 Å². The standard InChI is InChI=1S/C12H24O3Si/c1-9-6-10(13)11(14-7-9)8-15-16(5)12(2,3)4/h9,11,16H,6-8H2,1-5H3/t9-,11-,16?/m1/s1. The molecule has 4 heteroatoms. The van der Waals surface area contributed by atoms with Crippen LogP contribution in [0.5, 0.6) is 0 Å². The average Bonchev–Trinajstić information content (AvgIpc) is 2.14. The van der Waals surface area contributed by atoms with Gasteiger partial charge in [-0.15, -0.1) is 0 Å². The fraction of sp³-hybridized carbons (Fsp3) is 0.917. The lowest BCUT2D eigenvalue weighted by atomic mass is 9.99. The van der Waals surface area contributed by atoms with Gasteiger partial charge in [-0.25, -0.2) is 0 Å². The summed E-state index contributed by atoms with van der Waals surface area (Å²) in [7, 11) is -1.24. The van der Waals surface area contributed by atoms with Gasteiger partial charge in [0.25, 0.3) is 0 Å². The molecule has 1 aliphatic rings. The fourth-order valence-corrected chi connectivity index (χ4v) is 2.49. The molecule has 0 saturated carbocycles. The largest absolute Gasteiger partial charge is 0.417 e. The van der Waals surface area contributed by atoms with Gasteiger partial charge in [-0.2, -0.15) is 0 Å². The number of hydrogen-bond donors (Lipinski definition) is 0. The molecule has 94 valence electrons. The van der Waals surface area contributed by atoms with E-state index < -0.39 is 9.04 Å². The Balaban J connectivity index is 2.36. The van der Waals surface area contributed by atoms with E-state index in [1.54, 1.807) is 0 Å². The summed E-state index contributed by atoms with van der Waals surface area (Å²) < 4.78 is 11.4. The molecule has 1 unspecified atom stereocenters. The molecule has 1 aliphatic heterocycles. The fourth-order valence-electron chi connectivity index (χ4n) is 1.53. The number of carbonyl (C=O) groups is 1. The van der Waals surface area contributed by atoms with Crippen molar-refractivity contribution in [3.63, 3.8) is 0 Å². The van der Waals surface area contributed by atoms with Crippen molar-refractivity contribution in [1.82, 2.24) is 0 Å². The number of hydrogen-bond acceptors (Lipinski definition) is 3. The first-order valence-corrected chi connectivity index (χ1v) is 8.27. The molecule has 0 aliphatic carbocycles. The van der Waals surface area contributed by atoms with Gasteiger partial charge in [0.2, 0.25) is 0 Å². The van der Waals surface area contributed by atoms with Crippen molar-refractivity contribution in [2.45, 2.75) is 51.8 Å². The monoisotopic (exact) mass is 244 g/mol. The Morgan fingerprint density at radius 1 is 1.50 bits per heavy atom. The molecule has 0 spiro atoms. The quantitative estimate of drug-likeness (QED) is 0.714. The Hall–Kier alpha value is -0.193. The molecule has 1 saturated heterocycles. The third-order valence-electron chi connectivity index (χ3n) is 3.21. The van der Waals surface area contributed by atoms with E-state index in [9.17, 15) is 4.79 Å². The first-order valence-electron chi connectivity index (χ1n) is 6.06. The zero-order valence-corrected chi connectivity index (χ0v) is 12.2. The lowest BCUT2D eigenvalue weighted by Crippen LogP contribution is -2.39. The Morgan fingerprint density at radius 3 is 2.62 bits per heavy atom. The lowest BCUT2D eigenvalue weighted by Gasteiger charge is -2.30. The second kappa shape index (κ2) is 5.43. The highest BCUT2D eigenvalue weighted by atomic mass is 28.3. The summed E-state index contributed by atoms with van der Waals surface area (Å²) in [5, 5.41) is 0.241. The van der Waals surface area contributed by atoms with E-state index in [-0.39, 0.29) is 16.9 Å². The van der Waals surface area contributed by atoms with Gasteiger partial charge < -0.3 is 9.16 Å². The van der Waals surface area contributed by atoms with Crippen molar-refractivity contribution in [3.05, 3.63) is 0 Å². The molecule has 1 fully saturated rings. The highest BCUT2D eigenvalue weighted by molar-refractivity contribution is 6.53. The summed E-state index contributed by atoms with van der Waals surface area (Å²) in [6, 6.07) is 0. The highest BCUT2D eigenvalue weighted by Crippen LogP contribution is 2.27. The van der Waals surface area contributed by atoms with E-state index in [0.717, 1.165) is 0 Å². The van der Waals surface area contributed by atoms with Crippen molar-refractivity contribution >= 4 is 14.8 Å². The van der Waals surface area contributed by atoms with Crippen LogP contribution >= 0.6 is 0 Å². The van der Waals surface area contributed by atoms with Crippen molar-refractivity contribution < 1.29 is 14.0 Å². The predicted molar refractivity (Wildman–Crippen MR) is 67.2 cm³/mol. The zero-order chi connectivity index (χ0) is 12.3. The smallest absolute Gasteiger partial charge is 0.179 e. The van der Waals surface area contributed by atoms with Crippen LogP contribution in [-0.2, 0) is 14.0 Å².